The van der Waals surface area contributed by atoms with Crippen LogP contribution < -0.4 is 4.74 Å². The minimum atomic E-state index is 0.218. The smallest absolute Gasteiger partial charge is 0.150 e. The van der Waals surface area contributed by atoms with Crippen LogP contribution in [0.2, 0.25) is 0 Å². The lowest BCUT2D eigenvalue weighted by molar-refractivity contribution is -0.118. The van der Waals surface area contributed by atoms with Gasteiger partial charge in [0.15, 0.2) is 0 Å². The lowest BCUT2D eigenvalue weighted by Crippen LogP contribution is -2.22. The fourth-order valence-electron chi connectivity index (χ4n) is 2.09. The number of ether oxygens (including phenoxy) is 1. The van der Waals surface area contributed by atoms with Crippen LogP contribution in [0.25, 0.3) is 0 Å². The first-order valence-corrected chi connectivity index (χ1v) is 7.12. The molecule has 1 heterocycles. The maximum absolute atomic E-state index is 12.1. The summed E-state index contributed by atoms with van der Waals surface area (Å²) >= 11 is 1.82. The fourth-order valence-corrected chi connectivity index (χ4v) is 3.35. The number of thioether (sulfide) groups is 1. The Hall–Kier alpha value is -0.960. The van der Waals surface area contributed by atoms with Gasteiger partial charge in [0.1, 0.15) is 11.5 Å². The van der Waals surface area contributed by atoms with Crippen LogP contribution in [0.4, 0.5) is 0 Å². The second kappa shape index (κ2) is 6.10. The molecule has 3 heteroatoms. The summed E-state index contributed by atoms with van der Waals surface area (Å²) < 4.78 is 5.17. The number of methoxy groups -OCH3 is 1. The number of carbonyl (C=O) groups is 1. The van der Waals surface area contributed by atoms with Crippen molar-refractivity contribution in [2.75, 3.05) is 12.9 Å². The fraction of sp³-hybridized carbons (Fsp3) is 0.500. The van der Waals surface area contributed by atoms with Gasteiger partial charge in [-0.25, -0.2) is 0 Å². The van der Waals surface area contributed by atoms with Gasteiger partial charge in [0.25, 0.3) is 0 Å². The van der Waals surface area contributed by atoms with Crippen LogP contribution in [0, 0.1) is 0 Å². The summed E-state index contributed by atoms with van der Waals surface area (Å²) in [6.45, 7) is 0. The zero-order chi connectivity index (χ0) is 12.1. The highest BCUT2D eigenvalue weighted by molar-refractivity contribution is 8.00. The maximum atomic E-state index is 12.1. The molecule has 1 aromatic rings. The van der Waals surface area contributed by atoms with Gasteiger partial charge in [-0.15, -0.1) is 0 Å². The SMILES string of the molecule is COc1cccc(CC(=O)C2CCCCS2)c1. The molecule has 1 aliphatic rings. The highest BCUT2D eigenvalue weighted by atomic mass is 32.2. The topological polar surface area (TPSA) is 26.3 Å². The largest absolute Gasteiger partial charge is 0.497 e. The number of hydrogen-bond acceptors (Lipinski definition) is 3. The molecule has 1 atom stereocenters. The van der Waals surface area contributed by atoms with Crippen LogP contribution in [0.3, 0.4) is 0 Å². The maximum Gasteiger partial charge on any atom is 0.150 e. The van der Waals surface area contributed by atoms with Crippen molar-refractivity contribution in [2.24, 2.45) is 0 Å². The predicted octanol–water partition coefficient (Wildman–Crippen LogP) is 3.09. The molecule has 0 aliphatic carbocycles. The second-order valence-corrected chi connectivity index (χ2v) is 5.66. The summed E-state index contributed by atoms with van der Waals surface area (Å²) in [5.74, 6) is 2.32. The molecule has 1 aliphatic heterocycles. The van der Waals surface area contributed by atoms with Crippen molar-refractivity contribution in [3.63, 3.8) is 0 Å². The van der Waals surface area contributed by atoms with Gasteiger partial charge in [-0.05, 0) is 36.3 Å². The van der Waals surface area contributed by atoms with Crippen molar-refractivity contribution in [1.29, 1.82) is 0 Å². The van der Waals surface area contributed by atoms with E-state index >= 15 is 0 Å². The lowest BCUT2D eigenvalue weighted by Gasteiger charge is -2.19. The minimum absolute atomic E-state index is 0.218. The van der Waals surface area contributed by atoms with Crippen LogP contribution in [0.15, 0.2) is 24.3 Å². The molecule has 2 rings (SSSR count). The molecule has 17 heavy (non-hydrogen) atoms. The molecule has 0 bridgehead atoms. The van der Waals surface area contributed by atoms with Crippen LogP contribution in [-0.4, -0.2) is 23.9 Å². The molecule has 92 valence electrons. The molecule has 0 aromatic heterocycles. The van der Waals surface area contributed by atoms with E-state index in [0.717, 1.165) is 23.5 Å². The Morgan fingerprint density at radius 1 is 1.47 bits per heavy atom. The molecule has 0 saturated carbocycles. The third kappa shape index (κ3) is 3.50. The molecule has 1 fully saturated rings. The number of hydrogen-bond donors (Lipinski definition) is 0. The van der Waals surface area contributed by atoms with E-state index in [-0.39, 0.29) is 5.25 Å². The van der Waals surface area contributed by atoms with Crippen molar-refractivity contribution in [1.82, 2.24) is 0 Å². The number of carbonyl (C=O) groups excluding carboxylic acids is 1. The van der Waals surface area contributed by atoms with E-state index in [1.54, 1.807) is 7.11 Å². The van der Waals surface area contributed by atoms with Gasteiger partial charge >= 0.3 is 0 Å². The molecule has 2 nitrogen and oxygen atoms in total. The Bertz CT molecular complexity index is 384. The van der Waals surface area contributed by atoms with E-state index < -0.39 is 0 Å². The summed E-state index contributed by atoms with van der Waals surface area (Å²) in [4.78, 5) is 12.1. The van der Waals surface area contributed by atoms with Gasteiger partial charge in [-0.3, -0.25) is 4.79 Å². The Kier molecular flexibility index (Phi) is 4.49. The highest BCUT2D eigenvalue weighted by Crippen LogP contribution is 2.27. The first-order valence-electron chi connectivity index (χ1n) is 6.07. The number of rotatable bonds is 4. The third-order valence-corrected chi connectivity index (χ3v) is 4.48. The van der Waals surface area contributed by atoms with Crippen molar-refractivity contribution < 1.29 is 9.53 Å². The first kappa shape index (κ1) is 12.5. The Labute approximate surface area is 107 Å². The van der Waals surface area contributed by atoms with E-state index in [2.05, 4.69) is 0 Å². The zero-order valence-electron chi connectivity index (χ0n) is 10.1. The summed E-state index contributed by atoms with van der Waals surface area (Å²) in [5.41, 5.74) is 1.06. The van der Waals surface area contributed by atoms with Gasteiger partial charge in [-0.1, -0.05) is 18.6 Å². The second-order valence-electron chi connectivity index (χ2n) is 4.35. The first-order chi connectivity index (χ1) is 8.29. The van der Waals surface area contributed by atoms with Gasteiger partial charge in [-0.2, -0.15) is 11.8 Å². The molecule has 1 unspecified atom stereocenters. The quantitative estimate of drug-likeness (QED) is 0.821. The number of ketones is 1. The van der Waals surface area contributed by atoms with Gasteiger partial charge in [0, 0.05) is 6.42 Å². The molecule has 0 amide bonds. The molecule has 1 aromatic carbocycles. The Balaban J connectivity index is 1.96. The van der Waals surface area contributed by atoms with Crippen molar-refractivity contribution in [3.8, 4) is 5.75 Å². The van der Waals surface area contributed by atoms with E-state index in [4.69, 9.17) is 4.74 Å². The molecule has 1 saturated heterocycles. The van der Waals surface area contributed by atoms with Gasteiger partial charge in [0.2, 0.25) is 0 Å². The van der Waals surface area contributed by atoms with Crippen molar-refractivity contribution in [2.45, 2.75) is 30.9 Å². The highest BCUT2D eigenvalue weighted by Gasteiger charge is 2.21. The summed E-state index contributed by atoms with van der Waals surface area (Å²) in [6, 6.07) is 7.79. The number of Topliss-reactive ketones (excluding diaryl/α,β-unsaturated/α-hetero) is 1. The summed E-state index contributed by atoms with van der Waals surface area (Å²) in [5, 5.41) is 0.218. The summed E-state index contributed by atoms with van der Waals surface area (Å²) in [7, 11) is 1.65. The molecule has 0 N–H and O–H groups in total. The van der Waals surface area contributed by atoms with Crippen LogP contribution in [0.1, 0.15) is 24.8 Å². The standard InChI is InChI=1S/C14H18O2S/c1-16-12-6-4-5-11(9-12)10-13(15)14-7-2-3-8-17-14/h4-6,9,14H,2-3,7-8,10H2,1H3. The monoisotopic (exact) mass is 250 g/mol. The van der Waals surface area contributed by atoms with Gasteiger partial charge < -0.3 is 4.74 Å². The summed E-state index contributed by atoms with van der Waals surface area (Å²) in [6.07, 6.45) is 4.04. The van der Waals surface area contributed by atoms with Crippen LogP contribution in [0.5, 0.6) is 5.75 Å². The minimum Gasteiger partial charge on any atom is -0.497 e. The van der Waals surface area contributed by atoms with Crippen LogP contribution in [-0.2, 0) is 11.2 Å². The Morgan fingerprint density at radius 3 is 3.06 bits per heavy atom. The lowest BCUT2D eigenvalue weighted by atomic mass is 10.0. The number of benzene rings is 1. The third-order valence-electron chi connectivity index (χ3n) is 3.05. The molecule has 0 spiro atoms. The molecule has 0 radical (unpaired) electrons. The normalized spacial score (nSPS) is 19.9. The van der Waals surface area contributed by atoms with E-state index in [1.807, 2.05) is 36.0 Å². The molecular weight excluding hydrogens is 232 g/mol. The van der Waals surface area contributed by atoms with Crippen molar-refractivity contribution in [3.05, 3.63) is 29.8 Å². The average molecular weight is 250 g/mol. The van der Waals surface area contributed by atoms with Crippen molar-refractivity contribution >= 4 is 17.5 Å². The predicted molar refractivity (Wildman–Crippen MR) is 71.8 cm³/mol. The Morgan fingerprint density at radius 2 is 2.35 bits per heavy atom. The van der Waals surface area contributed by atoms with Crippen LogP contribution >= 0.6 is 11.8 Å². The van der Waals surface area contributed by atoms with E-state index in [9.17, 15) is 4.79 Å². The van der Waals surface area contributed by atoms with E-state index in [1.165, 1.54) is 12.8 Å². The van der Waals surface area contributed by atoms with E-state index in [0.29, 0.717) is 12.2 Å². The zero-order valence-corrected chi connectivity index (χ0v) is 11.0. The average Bonchev–Trinajstić information content (AvgIpc) is 2.40. The molecular formula is C14H18O2S. The van der Waals surface area contributed by atoms with Gasteiger partial charge in [0.05, 0.1) is 12.4 Å².